The highest BCUT2D eigenvalue weighted by Gasteiger charge is 2.17. The first kappa shape index (κ1) is 12.1. The molecule has 3 heteroatoms. The number of hydrogen-bond acceptors (Lipinski definition) is 2. The minimum absolute atomic E-state index is 0.00913. The highest BCUT2D eigenvalue weighted by molar-refractivity contribution is 5.26. The first-order valence-electron chi connectivity index (χ1n) is 5.21. The zero-order valence-corrected chi connectivity index (χ0v) is 9.42. The number of hydrogen-bond donors (Lipinski definition) is 2. The third kappa shape index (κ3) is 2.76. The lowest BCUT2D eigenvalue weighted by Crippen LogP contribution is -2.31. The molecular formula is C12H18FNO. The molecule has 2 atom stereocenters. The van der Waals surface area contributed by atoms with Crippen LogP contribution >= 0.6 is 0 Å². The predicted octanol–water partition coefficient (Wildman–Crippen LogP) is 2.17. The molecule has 0 aromatic heterocycles. The van der Waals surface area contributed by atoms with Crippen LogP contribution in [0.3, 0.4) is 0 Å². The molecule has 0 bridgehead atoms. The van der Waals surface area contributed by atoms with E-state index >= 15 is 0 Å². The topological polar surface area (TPSA) is 32.3 Å². The van der Waals surface area contributed by atoms with Crippen molar-refractivity contribution in [2.24, 2.45) is 0 Å². The number of aliphatic hydroxyl groups excluding tert-OH is 1. The smallest absolute Gasteiger partial charge is 0.126 e. The van der Waals surface area contributed by atoms with E-state index in [1.54, 1.807) is 19.1 Å². The number of rotatable bonds is 4. The Bertz CT molecular complexity index is 323. The molecule has 2 unspecified atom stereocenters. The van der Waals surface area contributed by atoms with Crippen LogP contribution in [-0.4, -0.2) is 18.2 Å². The van der Waals surface area contributed by atoms with E-state index in [0.717, 1.165) is 12.0 Å². The van der Waals surface area contributed by atoms with Gasteiger partial charge >= 0.3 is 0 Å². The average Bonchev–Trinajstić information content (AvgIpc) is 2.23. The minimum Gasteiger partial charge on any atom is -0.387 e. The van der Waals surface area contributed by atoms with Gasteiger partial charge < -0.3 is 10.4 Å². The van der Waals surface area contributed by atoms with Gasteiger partial charge in [-0.3, -0.25) is 0 Å². The van der Waals surface area contributed by atoms with Gasteiger partial charge in [0, 0.05) is 6.04 Å². The van der Waals surface area contributed by atoms with E-state index in [9.17, 15) is 9.50 Å². The van der Waals surface area contributed by atoms with Crippen molar-refractivity contribution in [3.63, 3.8) is 0 Å². The van der Waals surface area contributed by atoms with E-state index in [-0.39, 0.29) is 11.9 Å². The molecule has 1 aromatic rings. The molecule has 1 aromatic carbocycles. The van der Waals surface area contributed by atoms with Gasteiger partial charge in [0.05, 0.1) is 6.10 Å². The van der Waals surface area contributed by atoms with Crippen LogP contribution < -0.4 is 5.32 Å². The maximum Gasteiger partial charge on any atom is 0.126 e. The zero-order chi connectivity index (χ0) is 11.4. The lowest BCUT2D eigenvalue weighted by Gasteiger charge is -2.21. The third-order valence-electron chi connectivity index (χ3n) is 2.72. The van der Waals surface area contributed by atoms with Gasteiger partial charge in [-0.25, -0.2) is 4.39 Å². The molecule has 15 heavy (non-hydrogen) atoms. The van der Waals surface area contributed by atoms with Gasteiger partial charge in [-0.05, 0) is 37.6 Å². The standard InChI is InChI=1S/C12H18FNO/c1-4-11(14-3)12(15)9-5-6-10(13)8(2)7-9/h5-7,11-12,14-15H,4H2,1-3H3. The van der Waals surface area contributed by atoms with Crippen LogP contribution in [0, 0.1) is 12.7 Å². The molecule has 2 nitrogen and oxygen atoms in total. The Kier molecular flexibility index (Phi) is 4.24. The molecule has 0 aliphatic heterocycles. The predicted molar refractivity (Wildman–Crippen MR) is 59.2 cm³/mol. The molecule has 0 radical (unpaired) electrons. The van der Waals surface area contributed by atoms with Gasteiger partial charge in [0.25, 0.3) is 0 Å². The number of aryl methyl sites for hydroxylation is 1. The summed E-state index contributed by atoms with van der Waals surface area (Å²) in [6.45, 7) is 3.70. The fourth-order valence-corrected chi connectivity index (χ4v) is 1.67. The Morgan fingerprint density at radius 3 is 2.60 bits per heavy atom. The lowest BCUT2D eigenvalue weighted by atomic mass is 9.99. The van der Waals surface area contributed by atoms with Crippen LogP contribution in [0.4, 0.5) is 4.39 Å². The summed E-state index contributed by atoms with van der Waals surface area (Å²) in [5.74, 6) is -0.233. The highest BCUT2D eigenvalue weighted by Crippen LogP contribution is 2.20. The zero-order valence-electron chi connectivity index (χ0n) is 9.42. The van der Waals surface area contributed by atoms with Crippen LogP contribution in [0.15, 0.2) is 18.2 Å². The highest BCUT2D eigenvalue weighted by atomic mass is 19.1. The maximum absolute atomic E-state index is 13.0. The summed E-state index contributed by atoms with van der Waals surface area (Å²) in [6.07, 6.45) is 0.243. The number of likely N-dealkylation sites (N-methyl/N-ethyl adjacent to an activating group) is 1. The third-order valence-corrected chi connectivity index (χ3v) is 2.72. The van der Waals surface area contributed by atoms with Gasteiger partial charge in [0.1, 0.15) is 5.82 Å². The number of nitrogens with one attached hydrogen (secondary N) is 1. The van der Waals surface area contributed by atoms with Crippen LogP contribution in [0.5, 0.6) is 0 Å². The first-order valence-corrected chi connectivity index (χ1v) is 5.21. The second kappa shape index (κ2) is 5.24. The molecule has 1 rings (SSSR count). The molecule has 0 saturated heterocycles. The Morgan fingerprint density at radius 1 is 1.47 bits per heavy atom. The number of benzene rings is 1. The van der Waals surface area contributed by atoms with Crippen molar-refractivity contribution in [2.45, 2.75) is 32.4 Å². The van der Waals surface area contributed by atoms with Crippen LogP contribution in [0.2, 0.25) is 0 Å². The molecule has 0 fully saturated rings. The Morgan fingerprint density at radius 2 is 2.13 bits per heavy atom. The van der Waals surface area contributed by atoms with E-state index < -0.39 is 6.10 Å². The summed E-state index contributed by atoms with van der Waals surface area (Å²) < 4.78 is 13.0. The van der Waals surface area contributed by atoms with Gasteiger partial charge in [-0.15, -0.1) is 0 Å². The molecular weight excluding hydrogens is 193 g/mol. The molecule has 2 N–H and O–H groups in total. The van der Waals surface area contributed by atoms with Crippen molar-refractivity contribution in [3.8, 4) is 0 Å². The molecule has 0 heterocycles. The Labute approximate surface area is 90.1 Å². The van der Waals surface area contributed by atoms with Crippen LogP contribution in [-0.2, 0) is 0 Å². The summed E-state index contributed by atoms with van der Waals surface area (Å²) in [6, 6.07) is 4.73. The molecule has 84 valence electrons. The molecule has 0 saturated carbocycles. The van der Waals surface area contributed by atoms with E-state index in [1.165, 1.54) is 6.07 Å². The van der Waals surface area contributed by atoms with Gasteiger partial charge in [0.2, 0.25) is 0 Å². The van der Waals surface area contributed by atoms with Crippen molar-refractivity contribution >= 4 is 0 Å². The average molecular weight is 211 g/mol. The molecule has 0 aliphatic rings. The number of aliphatic hydroxyl groups is 1. The fraction of sp³-hybridized carbons (Fsp3) is 0.500. The van der Waals surface area contributed by atoms with Crippen molar-refractivity contribution < 1.29 is 9.50 Å². The maximum atomic E-state index is 13.0. The van der Waals surface area contributed by atoms with E-state index in [4.69, 9.17) is 0 Å². The van der Waals surface area contributed by atoms with Crippen LogP contribution in [0.25, 0.3) is 0 Å². The van der Waals surface area contributed by atoms with Crippen molar-refractivity contribution in [3.05, 3.63) is 35.1 Å². The second-order valence-electron chi connectivity index (χ2n) is 3.76. The summed E-state index contributed by atoms with van der Waals surface area (Å²) in [7, 11) is 1.81. The number of halogens is 1. The lowest BCUT2D eigenvalue weighted by molar-refractivity contribution is 0.130. The van der Waals surface area contributed by atoms with Gasteiger partial charge in [0.15, 0.2) is 0 Å². The summed E-state index contributed by atoms with van der Waals surface area (Å²) >= 11 is 0. The Hall–Kier alpha value is -0.930. The van der Waals surface area contributed by atoms with Gasteiger partial charge in [-0.2, -0.15) is 0 Å². The summed E-state index contributed by atoms with van der Waals surface area (Å²) in [5, 5.41) is 13.1. The van der Waals surface area contributed by atoms with E-state index in [2.05, 4.69) is 5.32 Å². The van der Waals surface area contributed by atoms with Crippen molar-refractivity contribution in [2.75, 3.05) is 7.05 Å². The minimum atomic E-state index is -0.584. The second-order valence-corrected chi connectivity index (χ2v) is 3.76. The van der Waals surface area contributed by atoms with Crippen molar-refractivity contribution in [1.29, 1.82) is 0 Å². The largest absolute Gasteiger partial charge is 0.387 e. The van der Waals surface area contributed by atoms with E-state index in [1.807, 2.05) is 14.0 Å². The fourth-order valence-electron chi connectivity index (χ4n) is 1.67. The first-order chi connectivity index (χ1) is 7.10. The monoisotopic (exact) mass is 211 g/mol. The summed E-state index contributed by atoms with van der Waals surface area (Å²) in [5.41, 5.74) is 1.33. The molecule has 0 amide bonds. The van der Waals surface area contributed by atoms with Gasteiger partial charge in [-0.1, -0.05) is 19.1 Å². The SMILES string of the molecule is CCC(NC)C(O)c1ccc(F)c(C)c1. The quantitative estimate of drug-likeness (QED) is 0.800. The molecule has 0 spiro atoms. The van der Waals surface area contributed by atoms with Crippen LogP contribution in [0.1, 0.15) is 30.6 Å². The van der Waals surface area contributed by atoms with E-state index in [0.29, 0.717) is 5.56 Å². The van der Waals surface area contributed by atoms with Crippen molar-refractivity contribution in [1.82, 2.24) is 5.32 Å². The summed E-state index contributed by atoms with van der Waals surface area (Å²) in [4.78, 5) is 0. The Balaban J connectivity index is 2.90. The normalized spacial score (nSPS) is 15.0. The molecule has 0 aliphatic carbocycles.